The summed E-state index contributed by atoms with van der Waals surface area (Å²) in [4.78, 5) is 12.2. The molecule has 0 saturated heterocycles. The van der Waals surface area contributed by atoms with Crippen molar-refractivity contribution in [3.8, 4) is 5.75 Å². The predicted octanol–water partition coefficient (Wildman–Crippen LogP) is 5.44. The summed E-state index contributed by atoms with van der Waals surface area (Å²) in [6, 6.07) is 13.6. The summed E-state index contributed by atoms with van der Waals surface area (Å²) in [5.74, 6) is 0.602. The molecule has 0 aliphatic carbocycles. The van der Waals surface area contributed by atoms with Gasteiger partial charge in [-0.05, 0) is 46.5 Å². The van der Waals surface area contributed by atoms with Gasteiger partial charge in [0.1, 0.15) is 16.7 Å². The lowest BCUT2D eigenvalue weighted by Gasteiger charge is -2.30. The second kappa shape index (κ2) is 6.73. The molecular weight excluding hydrogens is 431 g/mol. The van der Waals surface area contributed by atoms with Crippen molar-refractivity contribution >= 4 is 49.2 Å². The van der Waals surface area contributed by atoms with E-state index in [9.17, 15) is 4.79 Å². The number of carbonyl (C=O) groups excluding carboxylic acids is 1. The second-order valence-corrected chi connectivity index (χ2v) is 7.49. The first-order valence-electron chi connectivity index (χ1n) is 6.94. The normalized spacial score (nSPS) is 20.4. The van der Waals surface area contributed by atoms with Crippen molar-refractivity contribution in [2.45, 2.75) is 23.8 Å². The zero-order chi connectivity index (χ0) is 15.7. The molecule has 0 aromatic heterocycles. The number of benzene rings is 2. The maximum Gasteiger partial charge on any atom is 0.184 e. The average molecular weight is 445 g/mol. The van der Waals surface area contributed by atoms with Crippen LogP contribution in [-0.2, 0) is 6.42 Å². The first-order chi connectivity index (χ1) is 10.6. The van der Waals surface area contributed by atoms with E-state index in [2.05, 4.69) is 44.0 Å². The Hall–Kier alpha value is -0.840. The monoisotopic (exact) mass is 442 g/mol. The average Bonchev–Trinajstić information content (AvgIpc) is 2.51. The minimum absolute atomic E-state index is 0.0162. The number of ether oxygens (including phenoxy) is 1. The molecule has 0 fully saturated rings. The number of alkyl halides is 1. The molecule has 2 atom stereocenters. The van der Waals surface area contributed by atoms with Gasteiger partial charge >= 0.3 is 0 Å². The molecule has 114 valence electrons. The van der Waals surface area contributed by atoms with E-state index >= 15 is 0 Å². The minimum Gasteiger partial charge on any atom is -0.487 e. The van der Waals surface area contributed by atoms with Crippen LogP contribution in [0.3, 0.4) is 0 Å². The molecule has 0 unspecified atom stereocenters. The van der Waals surface area contributed by atoms with Crippen LogP contribution in [0.25, 0.3) is 0 Å². The second-order valence-electron chi connectivity index (χ2n) is 5.21. The number of hydrogen-bond donors (Lipinski definition) is 0. The Bertz CT molecular complexity index is 703. The number of hydrogen-bond acceptors (Lipinski definition) is 2. The molecule has 5 heteroatoms. The fourth-order valence-corrected chi connectivity index (χ4v) is 4.07. The van der Waals surface area contributed by atoms with Crippen molar-refractivity contribution in [3.63, 3.8) is 0 Å². The number of aryl methyl sites for hydroxylation is 1. The Labute approximate surface area is 151 Å². The van der Waals surface area contributed by atoms with Crippen LogP contribution in [0.15, 0.2) is 46.9 Å². The van der Waals surface area contributed by atoms with Crippen molar-refractivity contribution in [3.05, 3.63) is 63.1 Å². The highest BCUT2D eigenvalue weighted by Crippen LogP contribution is 2.39. The number of rotatable bonds is 3. The molecule has 0 radical (unpaired) electrons. The van der Waals surface area contributed by atoms with Gasteiger partial charge in [-0.1, -0.05) is 57.9 Å². The van der Waals surface area contributed by atoms with Crippen LogP contribution in [-0.4, -0.2) is 16.7 Å². The topological polar surface area (TPSA) is 26.3 Å². The summed E-state index contributed by atoms with van der Waals surface area (Å²) in [5, 5.41) is 0.519. The summed E-state index contributed by atoms with van der Waals surface area (Å²) >= 11 is 12.9. The van der Waals surface area contributed by atoms with Crippen LogP contribution in [0.1, 0.15) is 22.3 Å². The molecule has 0 amide bonds. The van der Waals surface area contributed by atoms with E-state index in [0.717, 1.165) is 12.8 Å². The Kier molecular flexibility index (Phi) is 4.91. The van der Waals surface area contributed by atoms with Gasteiger partial charge in [0, 0.05) is 5.02 Å². The lowest BCUT2D eigenvalue weighted by molar-refractivity contribution is 0.0861. The molecule has 3 rings (SSSR count). The first kappa shape index (κ1) is 16.0. The molecule has 2 aromatic carbocycles. The summed E-state index contributed by atoms with van der Waals surface area (Å²) in [6.07, 6.45) is 1.43. The molecule has 0 bridgehead atoms. The summed E-state index contributed by atoms with van der Waals surface area (Å²) < 4.78 is 6.76. The third kappa shape index (κ3) is 3.24. The predicted molar refractivity (Wildman–Crippen MR) is 95.4 cm³/mol. The van der Waals surface area contributed by atoms with Gasteiger partial charge in [-0.15, -0.1) is 0 Å². The summed E-state index contributed by atoms with van der Waals surface area (Å²) in [7, 11) is 0. The van der Waals surface area contributed by atoms with E-state index < -0.39 is 0 Å². The third-order valence-electron chi connectivity index (χ3n) is 3.68. The largest absolute Gasteiger partial charge is 0.487 e. The molecule has 1 heterocycles. The number of fused-ring (bicyclic) bond motifs is 1. The summed E-state index contributed by atoms with van der Waals surface area (Å²) in [5.41, 5.74) is 1.76. The standard InChI is InChI=1S/C17H13Br2ClO2/c18-13-9-11(20)8-12-16(21)15(19)14(22-17(12)13)7-6-10-4-2-1-3-5-10/h1-5,8-9,14-15H,6-7H2/t14-,15-/m0/s1. The van der Waals surface area contributed by atoms with Gasteiger partial charge in [0.05, 0.1) is 10.0 Å². The van der Waals surface area contributed by atoms with Gasteiger partial charge in [0.15, 0.2) is 5.78 Å². The Balaban J connectivity index is 1.81. The summed E-state index contributed by atoms with van der Waals surface area (Å²) in [6.45, 7) is 0. The number of halogens is 3. The molecule has 0 spiro atoms. The number of Topliss-reactive ketones (excluding diaryl/α,β-unsaturated/α-hetero) is 1. The number of ketones is 1. The van der Waals surface area contributed by atoms with Gasteiger partial charge in [-0.3, -0.25) is 4.79 Å². The van der Waals surface area contributed by atoms with Crippen LogP contribution in [0.4, 0.5) is 0 Å². The van der Waals surface area contributed by atoms with Crippen molar-refractivity contribution in [1.29, 1.82) is 0 Å². The van der Waals surface area contributed by atoms with Crippen LogP contribution < -0.4 is 4.74 Å². The Morgan fingerprint density at radius 1 is 1.18 bits per heavy atom. The first-order valence-corrected chi connectivity index (χ1v) is 9.03. The van der Waals surface area contributed by atoms with Gasteiger partial charge in [-0.2, -0.15) is 0 Å². The fraction of sp³-hybridized carbons (Fsp3) is 0.235. The molecule has 0 N–H and O–H groups in total. The molecule has 0 saturated carbocycles. The van der Waals surface area contributed by atoms with Gasteiger partial charge in [0.25, 0.3) is 0 Å². The highest BCUT2D eigenvalue weighted by Gasteiger charge is 2.36. The maximum absolute atomic E-state index is 12.5. The van der Waals surface area contributed by atoms with Crippen molar-refractivity contribution < 1.29 is 9.53 Å². The zero-order valence-corrected chi connectivity index (χ0v) is 15.5. The molecule has 22 heavy (non-hydrogen) atoms. The molecular formula is C17H13Br2ClO2. The smallest absolute Gasteiger partial charge is 0.184 e. The van der Waals surface area contributed by atoms with E-state index in [1.54, 1.807) is 12.1 Å². The lowest BCUT2D eigenvalue weighted by atomic mass is 9.96. The van der Waals surface area contributed by atoms with Gasteiger partial charge < -0.3 is 4.74 Å². The highest BCUT2D eigenvalue weighted by molar-refractivity contribution is 9.10. The van der Waals surface area contributed by atoms with Crippen LogP contribution >= 0.6 is 43.5 Å². The van der Waals surface area contributed by atoms with E-state index in [4.69, 9.17) is 16.3 Å². The van der Waals surface area contributed by atoms with Crippen molar-refractivity contribution in [1.82, 2.24) is 0 Å². The van der Waals surface area contributed by atoms with Crippen LogP contribution in [0.2, 0.25) is 5.02 Å². The van der Waals surface area contributed by atoms with Crippen LogP contribution in [0, 0.1) is 0 Å². The molecule has 2 aromatic rings. The van der Waals surface area contributed by atoms with Gasteiger partial charge in [0.2, 0.25) is 0 Å². The van der Waals surface area contributed by atoms with E-state index in [0.29, 0.717) is 20.8 Å². The van der Waals surface area contributed by atoms with Gasteiger partial charge in [-0.25, -0.2) is 0 Å². The fourth-order valence-electron chi connectivity index (χ4n) is 2.55. The maximum atomic E-state index is 12.5. The van der Waals surface area contributed by atoms with Crippen molar-refractivity contribution in [2.75, 3.05) is 0 Å². The van der Waals surface area contributed by atoms with E-state index in [1.165, 1.54) is 5.56 Å². The highest BCUT2D eigenvalue weighted by atomic mass is 79.9. The third-order valence-corrected chi connectivity index (χ3v) is 5.49. The molecule has 2 nitrogen and oxygen atoms in total. The van der Waals surface area contributed by atoms with Crippen LogP contribution in [0.5, 0.6) is 5.75 Å². The Morgan fingerprint density at radius 2 is 1.91 bits per heavy atom. The SMILES string of the molecule is O=C1c2cc(Cl)cc(Br)c2O[C@@H](CCc2ccccc2)[C@@H]1Br. The zero-order valence-electron chi connectivity index (χ0n) is 11.6. The lowest BCUT2D eigenvalue weighted by Crippen LogP contribution is -2.39. The number of carbonyl (C=O) groups is 1. The molecule has 1 aliphatic rings. The quantitative estimate of drug-likeness (QED) is 0.589. The Morgan fingerprint density at radius 3 is 2.64 bits per heavy atom. The van der Waals surface area contributed by atoms with E-state index in [-0.39, 0.29) is 16.7 Å². The van der Waals surface area contributed by atoms with E-state index in [1.807, 2.05) is 18.2 Å². The van der Waals surface area contributed by atoms with Crippen molar-refractivity contribution in [2.24, 2.45) is 0 Å². The molecule has 1 aliphatic heterocycles. The minimum atomic E-state index is -0.353.